The van der Waals surface area contributed by atoms with Crippen molar-refractivity contribution in [3.63, 3.8) is 0 Å². The van der Waals surface area contributed by atoms with Gasteiger partial charge in [0.15, 0.2) is 0 Å². The quantitative estimate of drug-likeness (QED) is 0.516. The Bertz CT molecular complexity index is 495. The van der Waals surface area contributed by atoms with Gasteiger partial charge in [0.1, 0.15) is 23.0 Å². The second-order valence-electron chi connectivity index (χ2n) is 5.45. The zero-order valence-corrected chi connectivity index (χ0v) is 14.1. The first-order chi connectivity index (χ1) is 11.3. The molecule has 3 nitrogen and oxygen atoms in total. The Hall–Kier alpha value is -2.16. The van der Waals surface area contributed by atoms with Gasteiger partial charge in [-0.15, -0.1) is 0 Å². The van der Waals surface area contributed by atoms with Crippen molar-refractivity contribution in [2.24, 2.45) is 0 Å². The molecule has 0 fully saturated rings. The molecule has 0 radical (unpaired) electrons. The van der Waals surface area contributed by atoms with E-state index >= 15 is 0 Å². The largest absolute Gasteiger partial charge is 0.494 e. The van der Waals surface area contributed by atoms with Crippen molar-refractivity contribution in [3.8, 4) is 23.0 Å². The molecule has 0 saturated heterocycles. The summed E-state index contributed by atoms with van der Waals surface area (Å²) in [6.45, 7) is 5.83. The molecule has 124 valence electrons. The highest BCUT2D eigenvalue weighted by molar-refractivity contribution is 5.37. The number of benzene rings is 2. The van der Waals surface area contributed by atoms with E-state index in [1.165, 1.54) is 0 Å². The van der Waals surface area contributed by atoms with Crippen molar-refractivity contribution in [2.75, 3.05) is 13.2 Å². The molecule has 0 bridgehead atoms. The van der Waals surface area contributed by atoms with Crippen LogP contribution in [0.25, 0.3) is 0 Å². The van der Waals surface area contributed by atoms with Crippen molar-refractivity contribution in [1.82, 2.24) is 0 Å². The standard InChI is InChI=1S/C20H26O3/c1-3-5-15-21-17-7-11-19(12-8-17)23-20-13-9-18(10-14-20)22-16-6-4-2/h7-14H,3-6,15-16H2,1-2H3. The zero-order chi connectivity index (χ0) is 16.3. The molecule has 0 spiro atoms. The molecule has 0 aromatic heterocycles. The van der Waals surface area contributed by atoms with Crippen LogP contribution in [0.15, 0.2) is 48.5 Å². The van der Waals surface area contributed by atoms with Gasteiger partial charge >= 0.3 is 0 Å². The Morgan fingerprint density at radius 2 is 0.913 bits per heavy atom. The van der Waals surface area contributed by atoms with Crippen molar-refractivity contribution in [1.29, 1.82) is 0 Å². The van der Waals surface area contributed by atoms with E-state index in [0.29, 0.717) is 0 Å². The highest BCUT2D eigenvalue weighted by Crippen LogP contribution is 2.25. The van der Waals surface area contributed by atoms with Gasteiger partial charge in [-0.2, -0.15) is 0 Å². The minimum Gasteiger partial charge on any atom is -0.494 e. The molecule has 0 aliphatic carbocycles. The lowest BCUT2D eigenvalue weighted by atomic mass is 10.3. The van der Waals surface area contributed by atoms with Gasteiger partial charge in [0.25, 0.3) is 0 Å². The highest BCUT2D eigenvalue weighted by Gasteiger charge is 2.00. The molecule has 2 rings (SSSR count). The molecular formula is C20H26O3. The number of hydrogen-bond donors (Lipinski definition) is 0. The van der Waals surface area contributed by atoms with Gasteiger partial charge in [-0.25, -0.2) is 0 Å². The fraction of sp³-hybridized carbons (Fsp3) is 0.400. The van der Waals surface area contributed by atoms with Gasteiger partial charge in [0.2, 0.25) is 0 Å². The molecular weight excluding hydrogens is 288 g/mol. The van der Waals surface area contributed by atoms with Crippen LogP contribution in [-0.2, 0) is 0 Å². The summed E-state index contributed by atoms with van der Waals surface area (Å²) in [5.74, 6) is 3.36. The maximum absolute atomic E-state index is 5.83. The maximum Gasteiger partial charge on any atom is 0.127 e. The summed E-state index contributed by atoms with van der Waals surface area (Å²) in [6, 6.07) is 15.4. The summed E-state index contributed by atoms with van der Waals surface area (Å²) in [6.07, 6.45) is 4.43. The fourth-order valence-corrected chi connectivity index (χ4v) is 2.01. The number of unbranched alkanes of at least 4 members (excludes halogenated alkanes) is 2. The summed E-state index contributed by atoms with van der Waals surface area (Å²) >= 11 is 0. The molecule has 0 amide bonds. The van der Waals surface area contributed by atoms with Crippen LogP contribution < -0.4 is 14.2 Å². The smallest absolute Gasteiger partial charge is 0.127 e. The van der Waals surface area contributed by atoms with E-state index in [1.54, 1.807) is 0 Å². The molecule has 23 heavy (non-hydrogen) atoms. The number of ether oxygens (including phenoxy) is 3. The third-order valence-corrected chi connectivity index (χ3v) is 3.42. The van der Waals surface area contributed by atoms with Crippen LogP contribution in [0.2, 0.25) is 0 Å². The van der Waals surface area contributed by atoms with E-state index in [4.69, 9.17) is 14.2 Å². The minimum atomic E-state index is 0.760. The molecule has 0 aliphatic heterocycles. The maximum atomic E-state index is 5.83. The number of rotatable bonds is 10. The first-order valence-electron chi connectivity index (χ1n) is 8.45. The van der Waals surface area contributed by atoms with Crippen LogP contribution in [-0.4, -0.2) is 13.2 Å². The monoisotopic (exact) mass is 314 g/mol. The molecule has 2 aromatic carbocycles. The lowest BCUT2D eigenvalue weighted by Gasteiger charge is -2.09. The average molecular weight is 314 g/mol. The predicted molar refractivity (Wildman–Crippen MR) is 93.8 cm³/mol. The van der Waals surface area contributed by atoms with Crippen LogP contribution in [0, 0.1) is 0 Å². The second kappa shape index (κ2) is 9.78. The first kappa shape index (κ1) is 17.2. The van der Waals surface area contributed by atoms with Crippen molar-refractivity contribution >= 4 is 0 Å². The van der Waals surface area contributed by atoms with Gasteiger partial charge in [-0.3, -0.25) is 0 Å². The van der Waals surface area contributed by atoms with Crippen LogP contribution in [0.3, 0.4) is 0 Å². The van der Waals surface area contributed by atoms with Crippen molar-refractivity contribution in [2.45, 2.75) is 39.5 Å². The Kier molecular flexibility index (Phi) is 7.31. The minimum absolute atomic E-state index is 0.760. The Balaban J connectivity index is 1.84. The predicted octanol–water partition coefficient (Wildman–Crippen LogP) is 5.84. The third kappa shape index (κ3) is 6.23. The van der Waals surface area contributed by atoms with Gasteiger partial charge in [-0.1, -0.05) is 26.7 Å². The van der Waals surface area contributed by atoms with Crippen LogP contribution in [0.1, 0.15) is 39.5 Å². The summed E-state index contributed by atoms with van der Waals surface area (Å²) in [5.41, 5.74) is 0. The average Bonchev–Trinajstić information content (AvgIpc) is 2.58. The summed E-state index contributed by atoms with van der Waals surface area (Å²) in [5, 5.41) is 0. The summed E-state index contributed by atoms with van der Waals surface area (Å²) in [4.78, 5) is 0. The molecule has 0 heterocycles. The Labute approximate surface area is 139 Å². The van der Waals surface area contributed by atoms with Crippen molar-refractivity contribution < 1.29 is 14.2 Å². The SMILES string of the molecule is CCCCOc1ccc(Oc2ccc(OCCCC)cc2)cc1. The summed E-state index contributed by atoms with van der Waals surface area (Å²) < 4.78 is 17.1. The van der Waals surface area contributed by atoms with Gasteiger partial charge in [0, 0.05) is 0 Å². The second-order valence-corrected chi connectivity index (χ2v) is 5.45. The number of hydrogen-bond acceptors (Lipinski definition) is 3. The van der Waals surface area contributed by atoms with Crippen LogP contribution in [0.4, 0.5) is 0 Å². The highest BCUT2D eigenvalue weighted by atomic mass is 16.5. The topological polar surface area (TPSA) is 27.7 Å². The molecule has 2 aromatic rings. The van der Waals surface area contributed by atoms with Crippen LogP contribution >= 0.6 is 0 Å². The van der Waals surface area contributed by atoms with E-state index in [9.17, 15) is 0 Å². The molecule has 0 atom stereocenters. The van der Waals surface area contributed by atoms with E-state index in [-0.39, 0.29) is 0 Å². The van der Waals surface area contributed by atoms with Gasteiger partial charge in [0.05, 0.1) is 13.2 Å². The molecule has 0 saturated carbocycles. The normalized spacial score (nSPS) is 10.3. The Morgan fingerprint density at radius 1 is 0.565 bits per heavy atom. The Morgan fingerprint density at radius 3 is 1.26 bits per heavy atom. The molecule has 3 heteroatoms. The lowest BCUT2D eigenvalue weighted by molar-refractivity contribution is 0.308. The third-order valence-electron chi connectivity index (χ3n) is 3.42. The van der Waals surface area contributed by atoms with E-state index in [1.807, 2.05) is 48.5 Å². The van der Waals surface area contributed by atoms with Gasteiger partial charge < -0.3 is 14.2 Å². The van der Waals surface area contributed by atoms with Crippen LogP contribution in [0.5, 0.6) is 23.0 Å². The zero-order valence-electron chi connectivity index (χ0n) is 14.1. The van der Waals surface area contributed by atoms with Crippen molar-refractivity contribution in [3.05, 3.63) is 48.5 Å². The molecule has 0 N–H and O–H groups in total. The molecule has 0 unspecified atom stereocenters. The fourth-order valence-electron chi connectivity index (χ4n) is 2.01. The summed E-state index contributed by atoms with van der Waals surface area (Å²) in [7, 11) is 0. The van der Waals surface area contributed by atoms with E-state index in [2.05, 4.69) is 13.8 Å². The van der Waals surface area contributed by atoms with E-state index < -0.39 is 0 Å². The first-order valence-corrected chi connectivity index (χ1v) is 8.45. The van der Waals surface area contributed by atoms with Gasteiger partial charge in [-0.05, 0) is 61.4 Å². The van der Waals surface area contributed by atoms with E-state index in [0.717, 1.165) is 61.9 Å². The molecule has 0 aliphatic rings. The lowest BCUT2D eigenvalue weighted by Crippen LogP contribution is -1.96.